The van der Waals surface area contributed by atoms with Crippen molar-refractivity contribution < 1.29 is 4.39 Å². The van der Waals surface area contributed by atoms with E-state index >= 15 is 0 Å². The summed E-state index contributed by atoms with van der Waals surface area (Å²) in [6.07, 6.45) is 0. The van der Waals surface area contributed by atoms with Crippen molar-refractivity contribution >= 4 is 11.4 Å². The molecule has 0 aliphatic heterocycles. The van der Waals surface area contributed by atoms with Crippen LogP contribution in [0.1, 0.15) is 51.3 Å². The lowest BCUT2D eigenvalue weighted by molar-refractivity contribution is 0.556. The number of nitrogens with zero attached hydrogens (tertiary/aromatic N) is 1. The van der Waals surface area contributed by atoms with Crippen LogP contribution in [0.5, 0.6) is 0 Å². The van der Waals surface area contributed by atoms with E-state index in [0.29, 0.717) is 0 Å². The number of hydrogen-bond donors (Lipinski definition) is 0. The molecule has 5 rings (SSSR count). The van der Waals surface area contributed by atoms with Crippen molar-refractivity contribution in [2.45, 2.75) is 52.5 Å². The van der Waals surface area contributed by atoms with Crippen LogP contribution in [-0.4, -0.2) is 5.54 Å². The molecule has 172 valence electrons. The molecule has 0 saturated carbocycles. The van der Waals surface area contributed by atoms with Gasteiger partial charge in [0.15, 0.2) is 0 Å². The SMILES string of the molecule is Cc1cc2c(cc1N(c1cc(F)cc(-c3ccccc3)c1)C(C)(C)C)-c1ccccc1C2(C)C. The van der Waals surface area contributed by atoms with Crippen molar-refractivity contribution in [3.05, 3.63) is 107 Å². The molecule has 0 unspecified atom stereocenters. The van der Waals surface area contributed by atoms with E-state index in [1.165, 1.54) is 27.8 Å². The lowest BCUT2D eigenvalue weighted by Crippen LogP contribution is -2.38. The van der Waals surface area contributed by atoms with Gasteiger partial charge in [-0.1, -0.05) is 74.5 Å². The van der Waals surface area contributed by atoms with Crippen molar-refractivity contribution in [1.29, 1.82) is 0 Å². The minimum Gasteiger partial charge on any atom is -0.336 e. The number of fused-ring (bicyclic) bond motifs is 3. The molecule has 0 fully saturated rings. The van der Waals surface area contributed by atoms with Gasteiger partial charge >= 0.3 is 0 Å². The molecule has 34 heavy (non-hydrogen) atoms. The molecule has 4 aromatic rings. The molecule has 1 aliphatic rings. The zero-order valence-electron chi connectivity index (χ0n) is 20.9. The summed E-state index contributed by atoms with van der Waals surface area (Å²) in [6.45, 7) is 13.3. The van der Waals surface area contributed by atoms with Gasteiger partial charge in [0.1, 0.15) is 5.82 Å². The maximum atomic E-state index is 15.0. The number of halogens is 1. The molecule has 0 N–H and O–H groups in total. The predicted octanol–water partition coefficient (Wildman–Crippen LogP) is 9.04. The first-order valence-electron chi connectivity index (χ1n) is 12.0. The van der Waals surface area contributed by atoms with E-state index in [-0.39, 0.29) is 16.8 Å². The first-order chi connectivity index (χ1) is 16.1. The topological polar surface area (TPSA) is 3.24 Å². The van der Waals surface area contributed by atoms with Gasteiger partial charge in [-0.2, -0.15) is 0 Å². The Balaban J connectivity index is 1.72. The maximum absolute atomic E-state index is 15.0. The third-order valence-electron chi connectivity index (χ3n) is 7.06. The molecule has 0 saturated heterocycles. The summed E-state index contributed by atoms with van der Waals surface area (Å²) < 4.78 is 15.0. The minimum absolute atomic E-state index is 0.0406. The van der Waals surface area contributed by atoms with Crippen LogP contribution < -0.4 is 4.90 Å². The standard InChI is InChI=1S/C32H32FN/c1-21-16-29-27(26-14-10-11-15-28(26)32(29,5)6)20-30(21)34(31(2,3)4)25-18-23(17-24(33)19-25)22-12-8-7-9-13-22/h7-20H,1-6H3. The quantitative estimate of drug-likeness (QED) is 0.301. The van der Waals surface area contributed by atoms with E-state index in [2.05, 4.69) is 88.9 Å². The Kier molecular flexibility index (Phi) is 5.16. The molecule has 1 nitrogen and oxygen atoms in total. The fourth-order valence-corrected chi connectivity index (χ4v) is 5.47. The Labute approximate surface area is 202 Å². The van der Waals surface area contributed by atoms with E-state index in [9.17, 15) is 4.39 Å². The Bertz CT molecular complexity index is 1380. The second kappa shape index (κ2) is 7.84. The average Bonchev–Trinajstić information content (AvgIpc) is 3.00. The monoisotopic (exact) mass is 449 g/mol. The summed E-state index contributed by atoms with van der Waals surface area (Å²) in [5.41, 5.74) is 10.1. The van der Waals surface area contributed by atoms with Crippen LogP contribution in [0.3, 0.4) is 0 Å². The normalized spacial score (nSPS) is 14.0. The van der Waals surface area contributed by atoms with Crippen LogP contribution in [-0.2, 0) is 5.41 Å². The number of rotatable bonds is 3. The van der Waals surface area contributed by atoms with Gasteiger partial charge in [0.25, 0.3) is 0 Å². The van der Waals surface area contributed by atoms with E-state index in [1.807, 2.05) is 30.3 Å². The molecule has 0 heterocycles. The summed E-state index contributed by atoms with van der Waals surface area (Å²) in [4.78, 5) is 2.28. The summed E-state index contributed by atoms with van der Waals surface area (Å²) in [7, 11) is 0. The van der Waals surface area contributed by atoms with E-state index in [0.717, 1.165) is 22.5 Å². The third-order valence-corrected chi connectivity index (χ3v) is 7.06. The van der Waals surface area contributed by atoms with E-state index in [4.69, 9.17) is 0 Å². The molecule has 0 amide bonds. The minimum atomic E-state index is -0.256. The Morgan fingerprint density at radius 2 is 1.38 bits per heavy atom. The zero-order valence-corrected chi connectivity index (χ0v) is 20.9. The molecule has 0 atom stereocenters. The third kappa shape index (κ3) is 3.62. The Morgan fingerprint density at radius 1 is 0.706 bits per heavy atom. The summed E-state index contributed by atoms with van der Waals surface area (Å²) >= 11 is 0. The first-order valence-corrected chi connectivity index (χ1v) is 12.0. The van der Waals surface area contributed by atoms with Crippen molar-refractivity contribution in [3.8, 4) is 22.3 Å². The van der Waals surface area contributed by atoms with Crippen molar-refractivity contribution in [2.75, 3.05) is 4.90 Å². The van der Waals surface area contributed by atoms with E-state index < -0.39 is 0 Å². The molecule has 1 aliphatic carbocycles. The molecular formula is C32H32FN. The fourth-order valence-electron chi connectivity index (χ4n) is 5.47. The lowest BCUT2D eigenvalue weighted by Gasteiger charge is -2.39. The Morgan fingerprint density at radius 3 is 2.09 bits per heavy atom. The smallest absolute Gasteiger partial charge is 0.125 e. The molecular weight excluding hydrogens is 417 g/mol. The molecule has 0 spiro atoms. The average molecular weight is 450 g/mol. The second-order valence-corrected chi connectivity index (χ2v) is 10.9. The molecule has 2 heteroatoms. The molecule has 0 radical (unpaired) electrons. The van der Waals surface area contributed by atoms with Crippen LogP contribution in [0.2, 0.25) is 0 Å². The van der Waals surface area contributed by atoms with Gasteiger partial charge < -0.3 is 4.90 Å². The van der Waals surface area contributed by atoms with Gasteiger partial charge in [-0.05, 0) is 90.9 Å². The largest absolute Gasteiger partial charge is 0.336 e. The maximum Gasteiger partial charge on any atom is 0.125 e. The van der Waals surface area contributed by atoms with Gasteiger partial charge in [0.2, 0.25) is 0 Å². The highest BCUT2D eigenvalue weighted by atomic mass is 19.1. The van der Waals surface area contributed by atoms with Gasteiger partial charge in [0, 0.05) is 22.3 Å². The van der Waals surface area contributed by atoms with E-state index in [1.54, 1.807) is 12.1 Å². The number of aryl methyl sites for hydroxylation is 1. The van der Waals surface area contributed by atoms with Crippen LogP contribution in [0, 0.1) is 12.7 Å². The number of hydrogen-bond acceptors (Lipinski definition) is 1. The summed E-state index contributed by atoms with van der Waals surface area (Å²) in [5.74, 6) is -0.226. The van der Waals surface area contributed by atoms with Crippen LogP contribution in [0.15, 0.2) is 84.9 Å². The zero-order chi connectivity index (χ0) is 24.3. The van der Waals surface area contributed by atoms with Gasteiger partial charge in [0.05, 0.1) is 0 Å². The van der Waals surface area contributed by atoms with Gasteiger partial charge in [-0.3, -0.25) is 0 Å². The Hall–Kier alpha value is -3.39. The van der Waals surface area contributed by atoms with Gasteiger partial charge in [-0.15, -0.1) is 0 Å². The molecule has 0 aromatic heterocycles. The highest BCUT2D eigenvalue weighted by molar-refractivity contribution is 5.86. The summed E-state index contributed by atoms with van der Waals surface area (Å²) in [6, 6.07) is 28.8. The number of benzene rings is 4. The molecule has 4 aromatic carbocycles. The van der Waals surface area contributed by atoms with Crippen molar-refractivity contribution in [3.63, 3.8) is 0 Å². The van der Waals surface area contributed by atoms with Gasteiger partial charge in [-0.25, -0.2) is 4.39 Å². The fraction of sp³-hybridized carbons (Fsp3) is 0.250. The predicted molar refractivity (Wildman–Crippen MR) is 142 cm³/mol. The van der Waals surface area contributed by atoms with Crippen LogP contribution in [0.4, 0.5) is 15.8 Å². The van der Waals surface area contributed by atoms with Crippen LogP contribution >= 0.6 is 0 Å². The summed E-state index contributed by atoms with van der Waals surface area (Å²) in [5, 5.41) is 0. The van der Waals surface area contributed by atoms with Crippen LogP contribution in [0.25, 0.3) is 22.3 Å². The van der Waals surface area contributed by atoms with Crippen molar-refractivity contribution in [1.82, 2.24) is 0 Å². The highest BCUT2D eigenvalue weighted by Gasteiger charge is 2.37. The highest BCUT2D eigenvalue weighted by Crippen LogP contribution is 2.51. The second-order valence-electron chi connectivity index (χ2n) is 10.9. The molecule has 0 bridgehead atoms. The van der Waals surface area contributed by atoms with Crippen molar-refractivity contribution in [2.24, 2.45) is 0 Å². The number of anilines is 2. The lowest BCUT2D eigenvalue weighted by atomic mass is 9.82. The first kappa shape index (κ1) is 22.4.